The smallest absolute Gasteiger partial charge is 0.267 e. The molecule has 0 spiro atoms. The minimum absolute atomic E-state index is 0.192. The molecule has 0 radical (unpaired) electrons. The first kappa shape index (κ1) is 19.0. The van der Waals surface area contributed by atoms with Crippen LogP contribution >= 0.6 is 0 Å². The van der Waals surface area contributed by atoms with Crippen LogP contribution < -0.4 is 15.6 Å². The SMILES string of the molecule is COc1ccccc1-c1ccc(=O)n(CC(=O)c2ccc(NC(C)=O)cc2)n1. The molecular weight excluding hydrogens is 358 g/mol. The van der Waals surface area contributed by atoms with Gasteiger partial charge < -0.3 is 10.1 Å². The van der Waals surface area contributed by atoms with E-state index >= 15 is 0 Å². The Morgan fingerprint density at radius 2 is 1.75 bits per heavy atom. The van der Waals surface area contributed by atoms with Gasteiger partial charge in [-0.15, -0.1) is 0 Å². The molecule has 0 aliphatic rings. The fourth-order valence-corrected chi connectivity index (χ4v) is 2.73. The number of anilines is 1. The van der Waals surface area contributed by atoms with Crippen molar-refractivity contribution in [3.05, 3.63) is 76.6 Å². The number of methoxy groups -OCH3 is 1. The molecule has 142 valence electrons. The van der Waals surface area contributed by atoms with E-state index in [0.717, 1.165) is 10.2 Å². The fourth-order valence-electron chi connectivity index (χ4n) is 2.73. The molecule has 1 heterocycles. The Labute approximate surface area is 161 Å². The van der Waals surface area contributed by atoms with E-state index in [-0.39, 0.29) is 23.8 Å². The molecule has 28 heavy (non-hydrogen) atoms. The summed E-state index contributed by atoms with van der Waals surface area (Å²) in [5.41, 5.74) is 1.90. The quantitative estimate of drug-likeness (QED) is 0.667. The lowest BCUT2D eigenvalue weighted by molar-refractivity contribution is -0.114. The van der Waals surface area contributed by atoms with Gasteiger partial charge in [0.15, 0.2) is 5.78 Å². The molecule has 7 heteroatoms. The summed E-state index contributed by atoms with van der Waals surface area (Å²) in [6.45, 7) is 1.22. The molecule has 2 aromatic carbocycles. The van der Waals surface area contributed by atoms with Crippen molar-refractivity contribution < 1.29 is 14.3 Å². The normalized spacial score (nSPS) is 10.4. The van der Waals surface area contributed by atoms with Gasteiger partial charge in [-0.05, 0) is 42.5 Å². The molecule has 0 saturated heterocycles. The zero-order valence-corrected chi connectivity index (χ0v) is 15.5. The largest absolute Gasteiger partial charge is 0.496 e. The van der Waals surface area contributed by atoms with Crippen LogP contribution in [0.4, 0.5) is 5.69 Å². The molecule has 1 amide bonds. The predicted molar refractivity (Wildman–Crippen MR) is 106 cm³/mol. The number of ether oxygens (including phenoxy) is 1. The van der Waals surface area contributed by atoms with Crippen molar-refractivity contribution in [2.75, 3.05) is 12.4 Å². The predicted octanol–water partition coefficient (Wildman–Crippen LogP) is 2.76. The number of carbonyl (C=O) groups excluding carboxylic acids is 2. The number of benzene rings is 2. The number of nitrogens with zero attached hydrogens (tertiary/aromatic N) is 2. The van der Waals surface area contributed by atoms with E-state index in [1.165, 1.54) is 13.0 Å². The Morgan fingerprint density at radius 3 is 2.43 bits per heavy atom. The molecule has 0 atom stereocenters. The third kappa shape index (κ3) is 4.32. The van der Waals surface area contributed by atoms with Crippen LogP contribution in [0.25, 0.3) is 11.3 Å². The summed E-state index contributed by atoms with van der Waals surface area (Å²) in [5.74, 6) is 0.171. The minimum Gasteiger partial charge on any atom is -0.496 e. The molecule has 3 rings (SSSR count). The van der Waals surface area contributed by atoms with Crippen molar-refractivity contribution in [1.29, 1.82) is 0 Å². The van der Waals surface area contributed by atoms with E-state index in [9.17, 15) is 14.4 Å². The molecular formula is C21H19N3O4. The van der Waals surface area contributed by atoms with Gasteiger partial charge in [-0.3, -0.25) is 14.4 Å². The van der Waals surface area contributed by atoms with Crippen LogP contribution in [0.5, 0.6) is 5.75 Å². The fraction of sp³-hybridized carbons (Fsp3) is 0.143. The molecule has 1 N–H and O–H groups in total. The Hall–Kier alpha value is -3.74. The summed E-state index contributed by atoms with van der Waals surface area (Å²) in [4.78, 5) is 35.8. The summed E-state index contributed by atoms with van der Waals surface area (Å²) in [5, 5.41) is 6.96. The number of amides is 1. The summed E-state index contributed by atoms with van der Waals surface area (Å²) in [6.07, 6.45) is 0. The van der Waals surface area contributed by atoms with Crippen LogP contribution in [0, 0.1) is 0 Å². The average molecular weight is 377 g/mol. The van der Waals surface area contributed by atoms with Gasteiger partial charge in [0.2, 0.25) is 5.91 Å². The molecule has 1 aromatic heterocycles. The summed E-state index contributed by atoms with van der Waals surface area (Å²) in [7, 11) is 1.56. The zero-order chi connectivity index (χ0) is 20.1. The van der Waals surface area contributed by atoms with Crippen molar-refractivity contribution in [3.8, 4) is 17.0 Å². The highest BCUT2D eigenvalue weighted by molar-refractivity contribution is 5.96. The maximum absolute atomic E-state index is 12.6. The summed E-state index contributed by atoms with van der Waals surface area (Å²) >= 11 is 0. The number of hydrogen-bond donors (Lipinski definition) is 1. The third-order valence-electron chi connectivity index (χ3n) is 4.07. The second-order valence-electron chi connectivity index (χ2n) is 6.10. The number of carbonyl (C=O) groups is 2. The van der Waals surface area contributed by atoms with Gasteiger partial charge in [0.25, 0.3) is 5.56 Å². The molecule has 0 saturated carbocycles. The van der Waals surface area contributed by atoms with E-state index in [1.807, 2.05) is 18.2 Å². The number of nitrogens with one attached hydrogen (secondary N) is 1. The van der Waals surface area contributed by atoms with Crippen molar-refractivity contribution in [2.45, 2.75) is 13.5 Å². The van der Waals surface area contributed by atoms with E-state index < -0.39 is 0 Å². The van der Waals surface area contributed by atoms with Gasteiger partial charge in [0.05, 0.1) is 12.8 Å². The number of hydrogen-bond acceptors (Lipinski definition) is 5. The van der Waals surface area contributed by atoms with Crippen LogP contribution in [0.1, 0.15) is 17.3 Å². The molecule has 0 aliphatic heterocycles. The highest BCUT2D eigenvalue weighted by atomic mass is 16.5. The Morgan fingerprint density at radius 1 is 1.04 bits per heavy atom. The molecule has 3 aromatic rings. The first-order chi connectivity index (χ1) is 13.5. The van der Waals surface area contributed by atoms with Crippen molar-refractivity contribution in [3.63, 3.8) is 0 Å². The van der Waals surface area contributed by atoms with Crippen molar-refractivity contribution in [1.82, 2.24) is 9.78 Å². The highest BCUT2D eigenvalue weighted by Crippen LogP contribution is 2.27. The number of aromatic nitrogens is 2. The van der Waals surface area contributed by atoms with E-state index in [0.29, 0.717) is 22.7 Å². The second kappa shape index (κ2) is 8.30. The minimum atomic E-state index is -0.373. The van der Waals surface area contributed by atoms with Crippen LogP contribution in [0.3, 0.4) is 0 Å². The standard InChI is InChI=1S/C21H19N3O4/c1-14(25)22-16-9-7-15(8-10-16)19(26)13-24-21(27)12-11-18(23-24)17-5-3-4-6-20(17)28-2/h3-12H,13H2,1-2H3,(H,22,25). The Balaban J connectivity index is 1.85. The highest BCUT2D eigenvalue weighted by Gasteiger charge is 2.12. The van der Waals surface area contributed by atoms with E-state index in [2.05, 4.69) is 10.4 Å². The lowest BCUT2D eigenvalue weighted by atomic mass is 10.1. The first-order valence-corrected chi connectivity index (χ1v) is 8.60. The molecule has 0 bridgehead atoms. The van der Waals surface area contributed by atoms with Gasteiger partial charge >= 0.3 is 0 Å². The monoisotopic (exact) mass is 377 g/mol. The van der Waals surface area contributed by atoms with Gasteiger partial charge in [-0.25, -0.2) is 4.68 Å². The molecule has 0 aliphatic carbocycles. The van der Waals surface area contributed by atoms with Crippen LogP contribution in [0.2, 0.25) is 0 Å². The second-order valence-corrected chi connectivity index (χ2v) is 6.10. The number of rotatable bonds is 6. The zero-order valence-electron chi connectivity index (χ0n) is 15.5. The molecule has 0 unspecified atom stereocenters. The summed E-state index contributed by atoms with van der Waals surface area (Å²) < 4.78 is 6.47. The van der Waals surface area contributed by atoms with E-state index in [1.54, 1.807) is 43.5 Å². The van der Waals surface area contributed by atoms with Gasteiger partial charge in [-0.2, -0.15) is 5.10 Å². The lowest BCUT2D eigenvalue weighted by Crippen LogP contribution is -2.26. The first-order valence-electron chi connectivity index (χ1n) is 8.60. The Bertz CT molecular complexity index is 1070. The van der Waals surface area contributed by atoms with Crippen molar-refractivity contribution in [2.24, 2.45) is 0 Å². The number of para-hydroxylation sites is 1. The summed E-state index contributed by atoms with van der Waals surface area (Å²) in [6, 6.07) is 16.8. The number of Topliss-reactive ketones (excluding diaryl/α,β-unsaturated/α-hetero) is 1. The Kier molecular flexibility index (Phi) is 5.64. The van der Waals surface area contributed by atoms with Crippen LogP contribution in [-0.4, -0.2) is 28.6 Å². The maximum atomic E-state index is 12.6. The maximum Gasteiger partial charge on any atom is 0.267 e. The third-order valence-corrected chi connectivity index (χ3v) is 4.07. The molecule has 7 nitrogen and oxygen atoms in total. The van der Waals surface area contributed by atoms with E-state index in [4.69, 9.17) is 4.74 Å². The van der Waals surface area contributed by atoms with Gasteiger partial charge in [-0.1, -0.05) is 12.1 Å². The van der Waals surface area contributed by atoms with Gasteiger partial charge in [0, 0.05) is 29.8 Å². The topological polar surface area (TPSA) is 90.3 Å². The van der Waals surface area contributed by atoms with Crippen LogP contribution in [0.15, 0.2) is 65.5 Å². The lowest BCUT2D eigenvalue weighted by Gasteiger charge is -2.10. The molecule has 0 fully saturated rings. The number of ketones is 1. The van der Waals surface area contributed by atoms with Gasteiger partial charge in [0.1, 0.15) is 12.3 Å². The average Bonchev–Trinajstić information content (AvgIpc) is 2.69. The van der Waals surface area contributed by atoms with Crippen molar-refractivity contribution >= 4 is 17.4 Å². The van der Waals surface area contributed by atoms with Crippen LogP contribution in [-0.2, 0) is 11.3 Å².